The largest absolute Gasteiger partial charge is 0.457 e. The third-order valence-electron chi connectivity index (χ3n) is 3.64. The number of fused-ring (bicyclic) bond motifs is 1. The summed E-state index contributed by atoms with van der Waals surface area (Å²) in [6, 6.07) is 16.2. The molecule has 6 heteroatoms. The first-order valence-corrected chi connectivity index (χ1v) is 9.01. The fourth-order valence-corrected chi connectivity index (χ4v) is 2.97. The van der Waals surface area contributed by atoms with Gasteiger partial charge in [0.15, 0.2) is 0 Å². The van der Waals surface area contributed by atoms with Crippen LogP contribution < -0.4 is 0 Å². The topological polar surface area (TPSA) is 63.0 Å². The Kier molecular flexibility index (Phi) is 5.22. The average molecular weight is 369 g/mol. The van der Waals surface area contributed by atoms with E-state index < -0.39 is 5.97 Å². The second kappa shape index (κ2) is 7.56. The molecule has 0 amide bonds. The van der Waals surface area contributed by atoms with Crippen LogP contribution in [-0.2, 0) is 11.3 Å². The number of esters is 1. The van der Waals surface area contributed by atoms with Crippen molar-refractivity contribution >= 4 is 40.2 Å². The summed E-state index contributed by atoms with van der Waals surface area (Å²) < 4.78 is 5.31. The van der Waals surface area contributed by atoms with Crippen molar-refractivity contribution in [3.63, 3.8) is 0 Å². The molecule has 1 heterocycles. The average Bonchev–Trinajstić information content (AvgIpc) is 2.65. The first kappa shape index (κ1) is 17.3. The molecule has 0 radical (unpaired) electrons. The molecule has 0 bridgehead atoms. The fourth-order valence-electron chi connectivity index (χ4n) is 2.34. The number of hydrogen-bond acceptors (Lipinski definition) is 5. The molecule has 2 aromatic carbocycles. The van der Waals surface area contributed by atoms with Crippen LogP contribution in [0.3, 0.4) is 0 Å². The van der Waals surface area contributed by atoms with Gasteiger partial charge in [0, 0.05) is 15.8 Å². The Balaban J connectivity index is 1.79. The Hall–Kier alpha value is -2.55. The van der Waals surface area contributed by atoms with Gasteiger partial charge in [0.25, 0.3) is 0 Å². The van der Waals surface area contributed by atoms with Crippen LogP contribution in [0.4, 0.5) is 0 Å². The molecular weight excluding hydrogens is 356 g/mol. The molecule has 0 unspecified atom stereocenters. The molecule has 4 nitrogen and oxygen atoms in total. The van der Waals surface area contributed by atoms with E-state index in [1.54, 1.807) is 30.0 Å². The van der Waals surface area contributed by atoms with E-state index in [-0.39, 0.29) is 6.61 Å². The molecular formula is C19H13ClN2O2S. The maximum absolute atomic E-state index is 12.1. The monoisotopic (exact) mass is 368 g/mol. The van der Waals surface area contributed by atoms with E-state index in [4.69, 9.17) is 21.6 Å². The Bertz CT molecular complexity index is 998. The molecule has 25 heavy (non-hydrogen) atoms. The summed E-state index contributed by atoms with van der Waals surface area (Å²) in [5.41, 5.74) is 2.17. The van der Waals surface area contributed by atoms with Gasteiger partial charge >= 0.3 is 5.97 Å². The van der Waals surface area contributed by atoms with Crippen LogP contribution in [0.25, 0.3) is 10.9 Å². The van der Waals surface area contributed by atoms with Crippen LogP contribution in [0.15, 0.2) is 53.4 Å². The highest BCUT2D eigenvalue weighted by Gasteiger charge is 2.11. The van der Waals surface area contributed by atoms with E-state index >= 15 is 0 Å². The quantitative estimate of drug-likeness (QED) is 0.374. The summed E-state index contributed by atoms with van der Waals surface area (Å²) in [5, 5.41) is 10.1. The second-order valence-electron chi connectivity index (χ2n) is 5.27. The summed E-state index contributed by atoms with van der Waals surface area (Å²) in [6.07, 6.45) is 2.00. The lowest BCUT2D eigenvalue weighted by Gasteiger charge is -2.08. The normalized spacial score (nSPS) is 10.4. The van der Waals surface area contributed by atoms with Gasteiger partial charge in [0.05, 0.1) is 22.7 Å². The van der Waals surface area contributed by atoms with Gasteiger partial charge in [-0.25, -0.2) is 9.78 Å². The standard InChI is InChI=1S/C19H13ClN2O2S/c1-25-16-6-5-13-8-15(18(20)22-17(13)9-16)11-24-19(23)14-4-2-3-12(7-14)10-21/h2-9H,11H2,1H3. The minimum atomic E-state index is -0.508. The highest BCUT2D eigenvalue weighted by molar-refractivity contribution is 7.98. The number of rotatable bonds is 4. The molecule has 124 valence electrons. The molecule has 0 aliphatic heterocycles. The minimum Gasteiger partial charge on any atom is -0.457 e. The summed E-state index contributed by atoms with van der Waals surface area (Å²) in [6.45, 7) is 0.0155. The number of halogens is 1. The molecule has 0 N–H and O–H groups in total. The number of pyridine rings is 1. The first-order valence-electron chi connectivity index (χ1n) is 7.41. The van der Waals surface area contributed by atoms with E-state index in [0.717, 1.165) is 15.8 Å². The Morgan fingerprint density at radius 2 is 2.12 bits per heavy atom. The zero-order chi connectivity index (χ0) is 17.8. The van der Waals surface area contributed by atoms with Gasteiger partial charge in [-0.05, 0) is 42.7 Å². The maximum Gasteiger partial charge on any atom is 0.338 e. The second-order valence-corrected chi connectivity index (χ2v) is 6.50. The number of thioether (sulfide) groups is 1. The Labute approximate surface area is 154 Å². The van der Waals surface area contributed by atoms with E-state index in [1.807, 2.05) is 36.6 Å². The predicted octanol–water partition coefficient (Wildman–Crippen LogP) is 4.84. The minimum absolute atomic E-state index is 0.0155. The van der Waals surface area contributed by atoms with Crippen LogP contribution in [0.1, 0.15) is 21.5 Å². The number of carbonyl (C=O) groups is 1. The Morgan fingerprint density at radius 1 is 1.28 bits per heavy atom. The number of benzene rings is 2. The summed E-state index contributed by atoms with van der Waals surface area (Å²) >= 11 is 7.86. The number of carbonyl (C=O) groups excluding carboxylic acids is 1. The number of nitriles is 1. The molecule has 0 saturated heterocycles. The maximum atomic E-state index is 12.1. The molecule has 1 aromatic heterocycles. The predicted molar refractivity (Wildman–Crippen MR) is 98.8 cm³/mol. The SMILES string of the molecule is CSc1ccc2cc(COC(=O)c3cccc(C#N)c3)c(Cl)nc2c1. The van der Waals surface area contributed by atoms with Gasteiger partial charge in [-0.3, -0.25) is 0 Å². The van der Waals surface area contributed by atoms with E-state index in [1.165, 1.54) is 6.07 Å². The van der Waals surface area contributed by atoms with Gasteiger partial charge in [0.1, 0.15) is 11.8 Å². The highest BCUT2D eigenvalue weighted by atomic mass is 35.5. The van der Waals surface area contributed by atoms with Gasteiger partial charge in [-0.15, -0.1) is 11.8 Å². The van der Waals surface area contributed by atoms with Crippen molar-refractivity contribution in [2.24, 2.45) is 0 Å². The number of hydrogen-bond donors (Lipinski definition) is 0. The van der Waals surface area contributed by atoms with Crippen LogP contribution in [-0.4, -0.2) is 17.2 Å². The van der Waals surface area contributed by atoms with Gasteiger partial charge in [0.2, 0.25) is 0 Å². The molecule has 0 saturated carbocycles. The molecule has 0 spiro atoms. The van der Waals surface area contributed by atoms with E-state index in [2.05, 4.69) is 4.98 Å². The summed E-state index contributed by atoms with van der Waals surface area (Å²) in [4.78, 5) is 17.6. The first-order chi connectivity index (χ1) is 12.1. The third-order valence-corrected chi connectivity index (χ3v) is 4.69. The zero-order valence-electron chi connectivity index (χ0n) is 13.3. The molecule has 3 rings (SSSR count). The van der Waals surface area contributed by atoms with Crippen LogP contribution in [0.2, 0.25) is 5.15 Å². The van der Waals surface area contributed by atoms with Crippen LogP contribution in [0.5, 0.6) is 0 Å². The van der Waals surface area contributed by atoms with Crippen molar-refractivity contribution in [2.75, 3.05) is 6.26 Å². The van der Waals surface area contributed by atoms with Crippen molar-refractivity contribution in [1.82, 2.24) is 4.98 Å². The molecule has 3 aromatic rings. The van der Waals surface area contributed by atoms with Crippen LogP contribution in [0, 0.1) is 11.3 Å². The molecule has 0 atom stereocenters. The Morgan fingerprint density at radius 3 is 2.88 bits per heavy atom. The fraction of sp³-hybridized carbons (Fsp3) is 0.105. The van der Waals surface area contributed by atoms with Crippen molar-refractivity contribution in [1.29, 1.82) is 5.26 Å². The van der Waals surface area contributed by atoms with Gasteiger partial charge in [-0.2, -0.15) is 5.26 Å². The van der Waals surface area contributed by atoms with Gasteiger partial charge in [-0.1, -0.05) is 23.7 Å². The lowest BCUT2D eigenvalue weighted by Crippen LogP contribution is -2.06. The van der Waals surface area contributed by atoms with Gasteiger partial charge < -0.3 is 4.74 Å². The zero-order valence-corrected chi connectivity index (χ0v) is 14.9. The van der Waals surface area contributed by atoms with Crippen LogP contribution >= 0.6 is 23.4 Å². The lowest BCUT2D eigenvalue weighted by atomic mass is 10.1. The number of ether oxygens (including phenoxy) is 1. The smallest absolute Gasteiger partial charge is 0.338 e. The lowest BCUT2D eigenvalue weighted by molar-refractivity contribution is 0.0472. The number of nitrogens with zero attached hydrogens (tertiary/aromatic N) is 2. The van der Waals surface area contributed by atoms with Crippen molar-refractivity contribution in [3.8, 4) is 6.07 Å². The van der Waals surface area contributed by atoms with Crippen molar-refractivity contribution in [2.45, 2.75) is 11.5 Å². The molecule has 0 fully saturated rings. The van der Waals surface area contributed by atoms with Crippen molar-refractivity contribution in [3.05, 3.63) is 70.4 Å². The van der Waals surface area contributed by atoms with E-state index in [0.29, 0.717) is 21.8 Å². The summed E-state index contributed by atoms with van der Waals surface area (Å²) in [5.74, 6) is -0.508. The van der Waals surface area contributed by atoms with Crippen molar-refractivity contribution < 1.29 is 9.53 Å². The summed E-state index contributed by atoms with van der Waals surface area (Å²) in [7, 11) is 0. The van der Waals surface area contributed by atoms with E-state index in [9.17, 15) is 4.79 Å². The molecule has 0 aliphatic rings. The third kappa shape index (κ3) is 3.93. The highest BCUT2D eigenvalue weighted by Crippen LogP contribution is 2.25. The molecule has 0 aliphatic carbocycles. The number of aromatic nitrogens is 1.